The first-order chi connectivity index (χ1) is 11.0. The van der Waals surface area contributed by atoms with Crippen LogP contribution >= 0.6 is 0 Å². The fraction of sp³-hybridized carbons (Fsp3) is 0.471. The minimum absolute atomic E-state index is 0.0954. The predicted octanol–water partition coefficient (Wildman–Crippen LogP) is 2.51. The van der Waals surface area contributed by atoms with Gasteiger partial charge in [0.15, 0.2) is 0 Å². The number of aromatic nitrogens is 2. The van der Waals surface area contributed by atoms with Gasteiger partial charge in [-0.15, -0.1) is 0 Å². The van der Waals surface area contributed by atoms with Gasteiger partial charge >= 0.3 is 0 Å². The van der Waals surface area contributed by atoms with Crippen LogP contribution in [0.1, 0.15) is 40.7 Å². The number of nitrogens with one attached hydrogen (secondary N) is 1. The molecule has 0 unspecified atom stereocenters. The summed E-state index contributed by atoms with van der Waals surface area (Å²) in [5.74, 6) is 1.62. The molecule has 0 saturated heterocycles. The molecule has 1 amide bonds. The van der Waals surface area contributed by atoms with E-state index in [0.717, 1.165) is 42.2 Å². The van der Waals surface area contributed by atoms with Gasteiger partial charge in [0, 0.05) is 31.9 Å². The van der Waals surface area contributed by atoms with Gasteiger partial charge < -0.3 is 14.7 Å². The van der Waals surface area contributed by atoms with Crippen LogP contribution in [0.5, 0.6) is 0 Å². The van der Waals surface area contributed by atoms with Crippen molar-refractivity contribution in [2.24, 2.45) is 0 Å². The number of pyridine rings is 1. The van der Waals surface area contributed by atoms with Crippen LogP contribution in [-0.4, -0.2) is 36.2 Å². The molecule has 0 atom stereocenters. The lowest BCUT2D eigenvalue weighted by atomic mass is 10.1. The van der Waals surface area contributed by atoms with E-state index in [4.69, 9.17) is 4.52 Å². The second-order valence-corrected chi connectivity index (χ2v) is 5.58. The molecule has 6 nitrogen and oxygen atoms in total. The number of aryl methyl sites for hydroxylation is 2. The fourth-order valence-corrected chi connectivity index (χ4v) is 2.34. The van der Waals surface area contributed by atoms with Gasteiger partial charge in [0.05, 0.1) is 11.3 Å². The van der Waals surface area contributed by atoms with Crippen LogP contribution in [0.2, 0.25) is 0 Å². The molecule has 23 heavy (non-hydrogen) atoms. The first kappa shape index (κ1) is 17.0. The molecule has 2 heterocycles. The molecule has 0 aliphatic rings. The van der Waals surface area contributed by atoms with Crippen LogP contribution in [0.4, 0.5) is 5.82 Å². The Morgan fingerprint density at radius 1 is 1.35 bits per heavy atom. The van der Waals surface area contributed by atoms with Gasteiger partial charge in [-0.25, -0.2) is 4.98 Å². The van der Waals surface area contributed by atoms with Gasteiger partial charge in [0.1, 0.15) is 11.6 Å². The van der Waals surface area contributed by atoms with Crippen molar-refractivity contribution in [2.75, 3.05) is 25.0 Å². The third kappa shape index (κ3) is 4.31. The van der Waals surface area contributed by atoms with Crippen molar-refractivity contribution >= 4 is 11.7 Å². The monoisotopic (exact) mass is 316 g/mol. The van der Waals surface area contributed by atoms with Crippen molar-refractivity contribution in [1.82, 2.24) is 15.5 Å². The third-order valence-electron chi connectivity index (χ3n) is 3.95. The Bertz CT molecular complexity index is 630. The van der Waals surface area contributed by atoms with E-state index in [0.29, 0.717) is 12.1 Å². The highest BCUT2D eigenvalue weighted by molar-refractivity contribution is 5.94. The van der Waals surface area contributed by atoms with E-state index in [-0.39, 0.29) is 5.91 Å². The molecule has 0 radical (unpaired) electrons. The number of carbonyl (C=O) groups excluding carboxylic acids is 1. The van der Waals surface area contributed by atoms with E-state index in [2.05, 4.69) is 22.4 Å². The lowest BCUT2D eigenvalue weighted by Crippen LogP contribution is -2.25. The Kier molecular flexibility index (Phi) is 5.73. The first-order valence-electron chi connectivity index (χ1n) is 7.90. The maximum atomic E-state index is 12.1. The van der Waals surface area contributed by atoms with E-state index < -0.39 is 0 Å². The molecular formula is C17H24N4O2. The molecule has 2 rings (SSSR count). The Labute approximate surface area is 136 Å². The molecule has 124 valence electrons. The topological polar surface area (TPSA) is 71.3 Å². The standard InChI is InChI=1S/C17H24N4O2/c1-5-21(4)16-9-8-14(11-19-16)17(22)18-10-6-7-15-12(2)20-23-13(15)3/h8-9,11H,5-7,10H2,1-4H3,(H,18,22). The molecule has 6 heteroatoms. The molecule has 0 bridgehead atoms. The SMILES string of the molecule is CCN(C)c1ccc(C(=O)NCCCc2c(C)noc2C)cn1. The van der Waals surface area contributed by atoms with Gasteiger partial charge in [-0.1, -0.05) is 5.16 Å². The fourth-order valence-electron chi connectivity index (χ4n) is 2.34. The van der Waals surface area contributed by atoms with Crippen molar-refractivity contribution in [2.45, 2.75) is 33.6 Å². The molecule has 1 N–H and O–H groups in total. The zero-order valence-electron chi connectivity index (χ0n) is 14.2. The zero-order valence-corrected chi connectivity index (χ0v) is 14.2. The van der Waals surface area contributed by atoms with Crippen LogP contribution in [0.3, 0.4) is 0 Å². The number of nitrogens with zero attached hydrogens (tertiary/aromatic N) is 3. The molecule has 0 fully saturated rings. The van der Waals surface area contributed by atoms with Crippen LogP contribution < -0.4 is 10.2 Å². The van der Waals surface area contributed by atoms with E-state index in [9.17, 15) is 4.79 Å². The van der Waals surface area contributed by atoms with Gasteiger partial charge in [-0.3, -0.25) is 4.79 Å². The molecule has 2 aromatic heterocycles. The van der Waals surface area contributed by atoms with Crippen molar-refractivity contribution < 1.29 is 9.32 Å². The second-order valence-electron chi connectivity index (χ2n) is 5.58. The molecular weight excluding hydrogens is 292 g/mol. The normalized spacial score (nSPS) is 10.6. The Morgan fingerprint density at radius 2 is 2.13 bits per heavy atom. The van der Waals surface area contributed by atoms with Crippen LogP contribution in [0.15, 0.2) is 22.9 Å². The minimum atomic E-state index is -0.0954. The Balaban J connectivity index is 1.81. The van der Waals surface area contributed by atoms with Crippen molar-refractivity contribution in [1.29, 1.82) is 0 Å². The van der Waals surface area contributed by atoms with Gasteiger partial charge in [0.2, 0.25) is 0 Å². The number of hydrogen-bond acceptors (Lipinski definition) is 5. The summed E-state index contributed by atoms with van der Waals surface area (Å²) >= 11 is 0. The minimum Gasteiger partial charge on any atom is -0.361 e. The largest absolute Gasteiger partial charge is 0.361 e. The lowest BCUT2D eigenvalue weighted by Gasteiger charge is -2.15. The van der Waals surface area contributed by atoms with Crippen LogP contribution in [0, 0.1) is 13.8 Å². The van der Waals surface area contributed by atoms with E-state index in [1.54, 1.807) is 12.3 Å². The van der Waals surface area contributed by atoms with E-state index in [1.807, 2.05) is 31.9 Å². The van der Waals surface area contributed by atoms with Crippen molar-refractivity contribution in [3.8, 4) is 0 Å². The summed E-state index contributed by atoms with van der Waals surface area (Å²) in [7, 11) is 1.97. The Morgan fingerprint density at radius 3 is 2.70 bits per heavy atom. The summed E-state index contributed by atoms with van der Waals surface area (Å²) in [6.07, 6.45) is 3.31. The lowest BCUT2D eigenvalue weighted by molar-refractivity contribution is 0.0953. The average Bonchev–Trinajstić information content (AvgIpc) is 2.89. The smallest absolute Gasteiger partial charge is 0.252 e. The van der Waals surface area contributed by atoms with Crippen molar-refractivity contribution in [3.63, 3.8) is 0 Å². The number of carbonyl (C=O) groups is 1. The highest BCUT2D eigenvalue weighted by atomic mass is 16.5. The van der Waals surface area contributed by atoms with E-state index >= 15 is 0 Å². The molecule has 0 aromatic carbocycles. The van der Waals surface area contributed by atoms with Gasteiger partial charge in [-0.05, 0) is 45.7 Å². The zero-order chi connectivity index (χ0) is 16.8. The second kappa shape index (κ2) is 7.76. The molecule has 0 saturated carbocycles. The van der Waals surface area contributed by atoms with Gasteiger partial charge in [0.25, 0.3) is 5.91 Å². The number of hydrogen-bond donors (Lipinski definition) is 1. The Hall–Kier alpha value is -2.37. The molecule has 0 aliphatic heterocycles. The quantitative estimate of drug-likeness (QED) is 0.795. The van der Waals surface area contributed by atoms with E-state index in [1.165, 1.54) is 0 Å². The molecule has 0 spiro atoms. The van der Waals surface area contributed by atoms with Crippen LogP contribution in [-0.2, 0) is 6.42 Å². The maximum absolute atomic E-state index is 12.1. The number of amides is 1. The summed E-state index contributed by atoms with van der Waals surface area (Å²) in [5.41, 5.74) is 2.64. The summed E-state index contributed by atoms with van der Waals surface area (Å²) in [6, 6.07) is 3.67. The van der Waals surface area contributed by atoms with Crippen molar-refractivity contribution in [3.05, 3.63) is 40.9 Å². The van der Waals surface area contributed by atoms with Gasteiger partial charge in [-0.2, -0.15) is 0 Å². The highest BCUT2D eigenvalue weighted by Gasteiger charge is 2.10. The number of anilines is 1. The summed E-state index contributed by atoms with van der Waals surface area (Å²) in [6.45, 7) is 7.39. The highest BCUT2D eigenvalue weighted by Crippen LogP contribution is 2.14. The molecule has 2 aromatic rings. The predicted molar refractivity (Wildman–Crippen MR) is 89.8 cm³/mol. The number of rotatable bonds is 7. The summed E-state index contributed by atoms with van der Waals surface area (Å²) in [5, 5.41) is 6.85. The van der Waals surface area contributed by atoms with Crippen LogP contribution in [0.25, 0.3) is 0 Å². The summed E-state index contributed by atoms with van der Waals surface area (Å²) < 4.78 is 5.13. The summed E-state index contributed by atoms with van der Waals surface area (Å²) in [4.78, 5) is 18.4. The maximum Gasteiger partial charge on any atom is 0.252 e. The first-order valence-corrected chi connectivity index (χ1v) is 7.90. The third-order valence-corrected chi connectivity index (χ3v) is 3.95. The average molecular weight is 316 g/mol. The molecule has 0 aliphatic carbocycles.